The summed E-state index contributed by atoms with van der Waals surface area (Å²) >= 11 is 0.684. The lowest BCUT2D eigenvalue weighted by atomic mass is 9.99. The van der Waals surface area contributed by atoms with Gasteiger partial charge in [-0.25, -0.2) is 0 Å². The van der Waals surface area contributed by atoms with Gasteiger partial charge < -0.3 is 130 Å². The lowest BCUT2D eigenvalue weighted by molar-refractivity contribution is -0.149. The molecule has 0 aliphatic carbocycles. The minimum atomic E-state index is -1.97. The highest BCUT2D eigenvalue weighted by molar-refractivity contribution is 8.00. The van der Waals surface area contributed by atoms with Gasteiger partial charge >= 0.3 is 11.9 Å². The van der Waals surface area contributed by atoms with Gasteiger partial charge in [-0.1, -0.05) is 88.1 Å². The first kappa shape index (κ1) is 104. The number of carboxylic acids is 2. The van der Waals surface area contributed by atoms with E-state index in [4.69, 9.17) is 17.2 Å². The summed E-state index contributed by atoms with van der Waals surface area (Å²) in [6.07, 6.45) is -2.43. The first-order valence-corrected chi connectivity index (χ1v) is 44.8. The Morgan fingerprint density at radius 3 is 1.61 bits per heavy atom. The number of H-pyrrole nitrogens is 2. The predicted octanol–water partition coefficient (Wildman–Crippen LogP) is -4.13. The second-order valence-corrected chi connectivity index (χ2v) is 34.1. The van der Waals surface area contributed by atoms with E-state index in [0.717, 1.165) is 31.5 Å². The van der Waals surface area contributed by atoms with Crippen LogP contribution in [0.3, 0.4) is 0 Å². The number of phenolic OH excluding ortho intramolecular Hbond substituents is 1. The number of fused-ring (bicyclic) bond motifs is 4. The quantitative estimate of drug-likeness (QED) is 0.0250. The molecule has 0 radical (unpaired) electrons. The summed E-state index contributed by atoms with van der Waals surface area (Å²) < 4.78 is 0. The number of aromatic amines is 2. The van der Waals surface area contributed by atoms with Gasteiger partial charge in [-0.15, -0.1) is 11.8 Å². The van der Waals surface area contributed by atoms with Crippen LogP contribution in [0.4, 0.5) is 0 Å². The Bertz CT molecular complexity index is 5010. The highest BCUT2D eigenvalue weighted by atomic mass is 32.2. The average Bonchev–Trinajstić information content (AvgIpc) is 1.65. The minimum absolute atomic E-state index is 0.0432. The summed E-state index contributed by atoms with van der Waals surface area (Å²) in [5.41, 5.74) is 19.7. The number of hydrogen-bond acceptors (Lipinski definition) is 24. The zero-order chi connectivity index (χ0) is 96.9. The number of primary amides is 2. The van der Waals surface area contributed by atoms with Crippen molar-refractivity contribution in [3.05, 3.63) is 102 Å². The Labute approximate surface area is 764 Å². The molecule has 23 N–H and O–H groups in total. The van der Waals surface area contributed by atoms with E-state index in [0.29, 0.717) is 69.5 Å². The fraction of sp³-hybridized carbons (Fsp3) is 0.529. The molecule has 5 heterocycles. The normalized spacial score (nSPS) is 25.0. The van der Waals surface area contributed by atoms with Crippen molar-refractivity contribution in [2.45, 2.75) is 227 Å². The summed E-state index contributed by atoms with van der Waals surface area (Å²) in [6.45, 7) is 1.71. The van der Waals surface area contributed by atoms with Crippen LogP contribution in [0.2, 0.25) is 0 Å². The van der Waals surface area contributed by atoms with Crippen molar-refractivity contribution >= 4 is 146 Å². The third-order valence-electron chi connectivity index (χ3n) is 23.4. The number of aliphatic carboxylic acids is 2. The standard InChI is InChI=1S/C87H120N20O24S/c1-7-9-20-65-80(124)96-56(28-30-72(114)115)76(120)102-64(75(119)93-41-70(90)112)44-132-45-71(113)94-60(34-47-23-25-50(109)26-24-47)83(127)103(4)46(3)74(118)99-62(38-73(116)117)86(130)106-33-15-22-66(106)81(125)101-63(43-108)79(123)97-58(27-29-69(89)111)85(129)107-42-51(110)37-68(107)82(126)98-59(35-48-39-91-54-18-13-11-16-52(48)54)78(122)95-57(31-32-88)77(121)100-61(36-49-40-92-55-19-14-12-17-53(49)55)84(128)105(6)67(21-10-8-2)87(131)104(65)5/h11-14,16-19,23-26,39-40,46,51,56-68,91-92,108-110H,7-10,15,20-22,27-38,41-45,88H2,1-6H3,(H2,89,111)(H2,90,112)(H,93,119)(H,94,113)(H,95,122)(H,96,124)(H,97,123)(H,98,126)(H,99,118)(H,100,121)(H,101,125)(H,102,120)(H,114,115)(H,116,117)/t46-,51+,56-,57-,58-,59-,60-,61-,62-,63-,64-,65-,66-,67-,68-/m0/s1. The highest BCUT2D eigenvalue weighted by Gasteiger charge is 2.47. The molecule has 718 valence electrons. The zero-order valence-corrected chi connectivity index (χ0v) is 75.1. The molecule has 3 aliphatic rings. The summed E-state index contributed by atoms with van der Waals surface area (Å²) in [5, 5.41) is 78.8. The number of aliphatic hydroxyl groups is 2. The van der Waals surface area contributed by atoms with Gasteiger partial charge in [0.25, 0.3) is 0 Å². The molecule has 0 saturated carbocycles. The molecule has 0 unspecified atom stereocenters. The van der Waals surface area contributed by atoms with Gasteiger partial charge in [0.2, 0.25) is 100 Å². The van der Waals surface area contributed by atoms with Crippen LogP contribution in [0.5, 0.6) is 5.75 Å². The average molecular weight is 1860 g/mol. The number of unbranched alkanes of at least 4 members (excludes halogenated alkanes) is 2. The van der Waals surface area contributed by atoms with Gasteiger partial charge in [0.15, 0.2) is 0 Å². The lowest BCUT2D eigenvalue weighted by Gasteiger charge is -2.36. The summed E-state index contributed by atoms with van der Waals surface area (Å²) in [4.78, 5) is 283. The van der Waals surface area contributed by atoms with E-state index in [1.807, 2.05) is 6.92 Å². The Hall–Kier alpha value is -13.3. The molecular formula is C87H120N20O24S. The molecule has 3 fully saturated rings. The number of thioether (sulfide) groups is 1. The van der Waals surface area contributed by atoms with Crippen molar-refractivity contribution in [1.29, 1.82) is 0 Å². The van der Waals surface area contributed by atoms with E-state index in [1.165, 1.54) is 45.3 Å². The maximum Gasteiger partial charge on any atom is 0.305 e. The Morgan fingerprint density at radius 1 is 0.508 bits per heavy atom. The molecule has 15 atom stereocenters. The number of benzene rings is 3. The maximum atomic E-state index is 15.7. The molecule has 2 aromatic heterocycles. The number of rotatable bonds is 26. The number of amides is 17. The Balaban J connectivity index is 1.19. The second-order valence-electron chi connectivity index (χ2n) is 33.0. The van der Waals surface area contributed by atoms with Crippen molar-refractivity contribution in [2.24, 2.45) is 17.2 Å². The highest BCUT2D eigenvalue weighted by Crippen LogP contribution is 2.28. The van der Waals surface area contributed by atoms with Crippen LogP contribution >= 0.6 is 11.8 Å². The van der Waals surface area contributed by atoms with Gasteiger partial charge in [0, 0.05) is 113 Å². The van der Waals surface area contributed by atoms with Crippen molar-refractivity contribution < 1.29 is 117 Å². The van der Waals surface area contributed by atoms with Crippen LogP contribution in [0.25, 0.3) is 21.8 Å². The molecule has 17 amide bonds. The molecule has 8 rings (SSSR count). The predicted molar refractivity (Wildman–Crippen MR) is 476 cm³/mol. The number of carboxylic acid groups (broad SMARTS) is 2. The number of carbonyl (C=O) groups is 19. The van der Waals surface area contributed by atoms with E-state index >= 15 is 33.6 Å². The molecule has 3 aromatic carbocycles. The van der Waals surface area contributed by atoms with Crippen molar-refractivity contribution in [1.82, 2.24) is 87.6 Å². The van der Waals surface area contributed by atoms with Crippen molar-refractivity contribution in [3.63, 3.8) is 0 Å². The second kappa shape index (κ2) is 49.6. The van der Waals surface area contributed by atoms with Crippen LogP contribution in [0.15, 0.2) is 85.2 Å². The van der Waals surface area contributed by atoms with Crippen LogP contribution < -0.4 is 70.4 Å². The van der Waals surface area contributed by atoms with E-state index in [9.17, 15) is 83.1 Å². The number of para-hydroxylation sites is 2. The molecule has 44 nitrogen and oxygen atoms in total. The fourth-order valence-electron chi connectivity index (χ4n) is 16.0. The number of carbonyl (C=O) groups excluding carboxylic acids is 17. The van der Waals surface area contributed by atoms with Gasteiger partial charge in [-0.2, -0.15) is 0 Å². The Kier molecular flexibility index (Phi) is 39.1. The first-order valence-electron chi connectivity index (χ1n) is 43.6. The summed E-state index contributed by atoms with van der Waals surface area (Å²) in [5.74, 6) is -22.0. The third-order valence-corrected chi connectivity index (χ3v) is 24.4. The van der Waals surface area contributed by atoms with Gasteiger partial charge in [0.05, 0.1) is 31.4 Å². The van der Waals surface area contributed by atoms with Crippen LogP contribution in [-0.2, 0) is 110 Å². The number of aliphatic hydroxyl groups excluding tert-OH is 2. The fourth-order valence-corrected chi connectivity index (χ4v) is 16.8. The van der Waals surface area contributed by atoms with Gasteiger partial charge in [0.1, 0.15) is 90.3 Å². The molecule has 45 heteroatoms. The largest absolute Gasteiger partial charge is 0.508 e. The number of aromatic hydroxyl groups is 1. The van der Waals surface area contributed by atoms with E-state index < -0.39 is 273 Å². The number of nitrogens with two attached hydrogens (primary N) is 3. The summed E-state index contributed by atoms with van der Waals surface area (Å²) in [7, 11) is 3.75. The monoisotopic (exact) mass is 1860 g/mol. The molecular weight excluding hydrogens is 1740 g/mol. The SMILES string of the molecule is CCCC[C@H]1C(=O)N(C)[C@@H](CCCC)C(=O)N[C@@H](CCC(=O)O)C(=O)N[C@H](C(=O)NCC(N)=O)CSCC(=O)N[C@@H](Cc2ccc(O)cc2)C(=O)N(C)[C@@H](C)C(=O)N[C@@H](CC(=O)O)C(=O)N2CCC[C@H]2C(=O)N[C@@H](CO)C(=O)N[C@@H](CCC(N)=O)C(=O)N2C[C@H](O)C[C@H]2C(=O)N[C@@H](Cc2c[nH]c3ccccc23)C(=O)N[C@@H](CCN)C(=O)N[C@@H](Cc2c[nH]c3ccccc23)C(=O)N1C. The van der Waals surface area contributed by atoms with Gasteiger partial charge in [-0.3, -0.25) is 91.1 Å². The molecule has 3 saturated heterocycles. The molecule has 3 aliphatic heterocycles. The first-order chi connectivity index (χ1) is 62.8. The van der Waals surface area contributed by atoms with Gasteiger partial charge in [-0.05, 0) is 99.4 Å². The van der Waals surface area contributed by atoms with Crippen LogP contribution in [0.1, 0.15) is 134 Å². The van der Waals surface area contributed by atoms with Crippen molar-refractivity contribution in [3.8, 4) is 5.75 Å². The number of phenols is 1. The number of likely N-dealkylation sites (N-methyl/N-ethyl adjacent to an activating group) is 3. The van der Waals surface area contributed by atoms with Crippen LogP contribution in [-0.4, -0.2) is 328 Å². The topological polar surface area (TPSA) is 672 Å². The van der Waals surface area contributed by atoms with Crippen LogP contribution in [0, 0.1) is 0 Å². The van der Waals surface area contributed by atoms with E-state index in [-0.39, 0.29) is 76.6 Å². The molecule has 5 aromatic rings. The lowest BCUT2D eigenvalue weighted by Crippen LogP contribution is -2.61. The number of hydrogen-bond donors (Lipinski definition) is 20. The number of aromatic nitrogens is 2. The Morgan fingerprint density at radius 2 is 1.02 bits per heavy atom. The molecule has 132 heavy (non-hydrogen) atoms. The minimum Gasteiger partial charge on any atom is -0.508 e. The molecule has 0 spiro atoms. The van der Waals surface area contributed by atoms with E-state index in [2.05, 4.69) is 63.1 Å². The third kappa shape index (κ3) is 28.8. The number of nitrogens with one attached hydrogen (secondary N) is 12. The smallest absolute Gasteiger partial charge is 0.305 e. The summed E-state index contributed by atoms with van der Waals surface area (Å²) in [6, 6.07) is -4.13. The zero-order valence-electron chi connectivity index (χ0n) is 74.3. The van der Waals surface area contributed by atoms with E-state index in [1.54, 1.807) is 67.8 Å². The number of nitrogens with zero attached hydrogens (tertiary/aromatic N) is 5. The maximum absolute atomic E-state index is 15.7. The molecule has 0 bridgehead atoms. The van der Waals surface area contributed by atoms with Crippen molar-refractivity contribution in [2.75, 3.05) is 65.4 Å².